The Morgan fingerprint density at radius 3 is 2.49 bits per heavy atom. The summed E-state index contributed by atoms with van der Waals surface area (Å²) >= 11 is 0. The molecule has 0 unspecified atom stereocenters. The molecule has 2 atom stereocenters. The van der Waals surface area contributed by atoms with Gasteiger partial charge in [0.05, 0.1) is 18.8 Å². The molecule has 2 rings (SSSR count). The number of amides is 3. The fourth-order valence-corrected chi connectivity index (χ4v) is 3.59. The van der Waals surface area contributed by atoms with Crippen molar-refractivity contribution in [2.45, 2.75) is 44.7 Å². The highest BCUT2D eigenvalue weighted by Crippen LogP contribution is 2.11. The smallest absolute Gasteiger partial charge is 0.243 e. The zero-order valence-corrected chi connectivity index (χ0v) is 21.1. The second-order valence-corrected chi connectivity index (χ2v) is 8.51. The van der Waals surface area contributed by atoms with E-state index in [0.717, 1.165) is 11.3 Å². The van der Waals surface area contributed by atoms with Crippen molar-refractivity contribution in [2.75, 3.05) is 26.2 Å². The summed E-state index contributed by atoms with van der Waals surface area (Å²) in [7, 11) is 0. The first-order chi connectivity index (χ1) is 17.7. The van der Waals surface area contributed by atoms with Crippen LogP contribution in [0.25, 0.3) is 0 Å². The number of carbonyl (C=O) groups is 3. The number of phenolic OH excluding ortho intramolecular Hbond substituents is 1. The summed E-state index contributed by atoms with van der Waals surface area (Å²) in [4.78, 5) is 43.8. The number of carbonyl (C=O) groups excluding carboxylic acids is 3. The number of benzene rings is 1. The minimum Gasteiger partial charge on any atom is -0.508 e. The van der Waals surface area contributed by atoms with Crippen LogP contribution in [-0.2, 0) is 27.2 Å². The summed E-state index contributed by atoms with van der Waals surface area (Å²) < 4.78 is 5.30. The monoisotopic (exact) mass is 515 g/mol. The third kappa shape index (κ3) is 10.6. The molecule has 12 nitrogen and oxygen atoms in total. The normalized spacial score (nSPS) is 12.3. The molecule has 0 spiro atoms. The van der Waals surface area contributed by atoms with Crippen molar-refractivity contribution in [1.29, 1.82) is 0 Å². The van der Waals surface area contributed by atoms with Crippen molar-refractivity contribution in [3.05, 3.63) is 54.0 Å². The van der Waals surface area contributed by atoms with E-state index in [1.165, 1.54) is 12.1 Å². The first-order valence-electron chi connectivity index (χ1n) is 12.2. The first-order valence-corrected chi connectivity index (χ1v) is 12.2. The number of aliphatic imine (C=N–C) groups is 1. The summed E-state index contributed by atoms with van der Waals surface area (Å²) in [5, 5.41) is 14.7. The molecular weight excluding hydrogens is 478 g/mol. The van der Waals surface area contributed by atoms with Crippen LogP contribution in [0.5, 0.6) is 5.75 Å². The Hall–Kier alpha value is -4.06. The quantitative estimate of drug-likeness (QED) is 0.104. The van der Waals surface area contributed by atoms with E-state index in [2.05, 4.69) is 15.6 Å². The lowest BCUT2D eigenvalue weighted by Crippen LogP contribution is -2.53. The largest absolute Gasteiger partial charge is 0.508 e. The summed E-state index contributed by atoms with van der Waals surface area (Å²) in [5.41, 5.74) is 17.5. The number of hydrogen-bond acceptors (Lipinski definition) is 7. The van der Waals surface area contributed by atoms with E-state index in [4.69, 9.17) is 21.6 Å². The van der Waals surface area contributed by atoms with E-state index in [9.17, 15) is 19.5 Å². The van der Waals surface area contributed by atoms with Gasteiger partial charge < -0.3 is 42.3 Å². The van der Waals surface area contributed by atoms with Crippen LogP contribution in [0.15, 0.2) is 52.1 Å². The molecule has 0 aliphatic rings. The number of rotatable bonds is 15. The van der Waals surface area contributed by atoms with Crippen LogP contribution in [0.2, 0.25) is 0 Å². The molecule has 0 aliphatic heterocycles. The Morgan fingerprint density at radius 2 is 1.86 bits per heavy atom. The third-order valence-electron chi connectivity index (χ3n) is 5.66. The molecule has 1 aromatic carbocycles. The molecule has 0 radical (unpaired) electrons. The van der Waals surface area contributed by atoms with Crippen molar-refractivity contribution < 1.29 is 23.9 Å². The molecular formula is C25H37N7O5. The number of hydrogen-bond donors (Lipinski definition) is 6. The molecule has 202 valence electrons. The van der Waals surface area contributed by atoms with Crippen molar-refractivity contribution in [3.63, 3.8) is 0 Å². The van der Waals surface area contributed by atoms with Gasteiger partial charge in [0, 0.05) is 26.1 Å². The van der Waals surface area contributed by atoms with Gasteiger partial charge in [0.15, 0.2) is 5.96 Å². The molecule has 12 heteroatoms. The van der Waals surface area contributed by atoms with Crippen molar-refractivity contribution in [3.8, 4) is 5.75 Å². The maximum atomic E-state index is 12.9. The second kappa shape index (κ2) is 15.1. The van der Waals surface area contributed by atoms with Gasteiger partial charge in [-0.15, -0.1) is 0 Å². The first kappa shape index (κ1) is 29.2. The van der Waals surface area contributed by atoms with Gasteiger partial charge in [0.1, 0.15) is 17.6 Å². The molecule has 0 saturated carbocycles. The highest BCUT2D eigenvalue weighted by atomic mass is 16.3. The van der Waals surface area contributed by atoms with Gasteiger partial charge in [0.25, 0.3) is 0 Å². The van der Waals surface area contributed by atoms with Crippen LogP contribution < -0.4 is 27.8 Å². The highest BCUT2D eigenvalue weighted by molar-refractivity contribution is 5.91. The van der Waals surface area contributed by atoms with E-state index in [-0.39, 0.29) is 43.5 Å². The zero-order chi connectivity index (χ0) is 27.2. The number of furan rings is 1. The van der Waals surface area contributed by atoms with Gasteiger partial charge in [-0.3, -0.25) is 19.4 Å². The number of likely N-dealkylation sites (N-methyl/N-ethyl adjacent to an activating group) is 1. The average molecular weight is 516 g/mol. The second-order valence-electron chi connectivity index (χ2n) is 8.51. The van der Waals surface area contributed by atoms with Gasteiger partial charge in [-0.1, -0.05) is 12.1 Å². The predicted molar refractivity (Wildman–Crippen MR) is 139 cm³/mol. The molecule has 0 aliphatic carbocycles. The highest BCUT2D eigenvalue weighted by Gasteiger charge is 2.24. The van der Waals surface area contributed by atoms with Gasteiger partial charge in [0.2, 0.25) is 17.7 Å². The fraction of sp³-hybridized carbons (Fsp3) is 0.440. The molecule has 3 amide bonds. The standard InChI is InChI=1S/C25H37N7O5/c1-2-32(13-11-19-5-4-14-37-19)22(34)16-30-24(36)21(6-3-12-29-25(27)28)31-23(35)20(26)15-17-7-9-18(33)10-8-17/h4-5,7-10,14,20-21,33H,2-3,6,11-13,15-16,26H2,1H3,(H,30,36)(H,31,35)(H4,27,28,29)/t20-,21+/m0/s1. The molecule has 0 bridgehead atoms. The summed E-state index contributed by atoms with van der Waals surface area (Å²) in [5.74, 6) is -0.475. The van der Waals surface area contributed by atoms with Crippen molar-refractivity contribution in [2.24, 2.45) is 22.2 Å². The molecule has 9 N–H and O–H groups in total. The van der Waals surface area contributed by atoms with Crippen LogP contribution in [0.3, 0.4) is 0 Å². The molecule has 0 saturated heterocycles. The SMILES string of the molecule is CCN(CCc1ccco1)C(=O)CNC(=O)[C@@H](CCCN=C(N)N)NC(=O)[C@@H](N)Cc1ccc(O)cc1. The van der Waals surface area contributed by atoms with Gasteiger partial charge >= 0.3 is 0 Å². The van der Waals surface area contributed by atoms with E-state index in [1.54, 1.807) is 29.4 Å². The summed E-state index contributed by atoms with van der Waals surface area (Å²) in [6.45, 7) is 2.83. The van der Waals surface area contributed by atoms with Crippen LogP contribution >= 0.6 is 0 Å². The van der Waals surface area contributed by atoms with Crippen molar-refractivity contribution >= 4 is 23.7 Å². The number of phenols is 1. The summed E-state index contributed by atoms with van der Waals surface area (Å²) in [6.07, 6.45) is 3.01. The number of nitrogens with zero attached hydrogens (tertiary/aromatic N) is 2. The Kier molecular flexibility index (Phi) is 11.9. The summed E-state index contributed by atoms with van der Waals surface area (Å²) in [6, 6.07) is 8.11. The van der Waals surface area contributed by atoms with E-state index >= 15 is 0 Å². The molecule has 2 aromatic rings. The predicted octanol–water partition coefficient (Wildman–Crippen LogP) is -0.399. The maximum Gasteiger partial charge on any atom is 0.243 e. The topological polar surface area (TPSA) is 202 Å². The fourth-order valence-electron chi connectivity index (χ4n) is 3.59. The van der Waals surface area contributed by atoms with Crippen molar-refractivity contribution in [1.82, 2.24) is 15.5 Å². The van der Waals surface area contributed by atoms with E-state index in [0.29, 0.717) is 25.9 Å². The average Bonchev–Trinajstić information content (AvgIpc) is 3.39. The number of nitrogens with one attached hydrogen (secondary N) is 2. The molecule has 0 fully saturated rings. The lowest BCUT2D eigenvalue weighted by Gasteiger charge is -2.23. The van der Waals surface area contributed by atoms with Gasteiger partial charge in [-0.25, -0.2) is 0 Å². The van der Waals surface area contributed by atoms with E-state index < -0.39 is 23.9 Å². The minimum absolute atomic E-state index is 0.0687. The Labute approximate surface area is 216 Å². The molecule has 1 aromatic heterocycles. The number of aromatic hydroxyl groups is 1. The minimum atomic E-state index is -0.932. The van der Waals surface area contributed by atoms with Crippen LogP contribution in [0.4, 0.5) is 0 Å². The van der Waals surface area contributed by atoms with E-state index in [1.807, 2.05) is 13.0 Å². The number of nitrogens with two attached hydrogens (primary N) is 3. The number of guanidine groups is 1. The lowest BCUT2D eigenvalue weighted by atomic mass is 10.0. The van der Waals surface area contributed by atoms with Gasteiger partial charge in [-0.05, 0) is 56.0 Å². The van der Waals surface area contributed by atoms with Crippen LogP contribution in [0, 0.1) is 0 Å². The Bertz CT molecular complexity index is 1020. The van der Waals surface area contributed by atoms with Crippen LogP contribution in [-0.4, -0.2) is 72.0 Å². The third-order valence-corrected chi connectivity index (χ3v) is 5.66. The Balaban J connectivity index is 1.94. The molecule has 37 heavy (non-hydrogen) atoms. The molecule has 1 heterocycles. The van der Waals surface area contributed by atoms with Gasteiger partial charge in [-0.2, -0.15) is 0 Å². The van der Waals surface area contributed by atoms with Crippen LogP contribution in [0.1, 0.15) is 31.1 Å². The zero-order valence-electron chi connectivity index (χ0n) is 21.1. The lowest BCUT2D eigenvalue weighted by molar-refractivity contribution is -0.134. The maximum absolute atomic E-state index is 12.9. The Morgan fingerprint density at radius 1 is 1.14 bits per heavy atom.